The van der Waals surface area contributed by atoms with Gasteiger partial charge in [0.15, 0.2) is 0 Å². The van der Waals surface area contributed by atoms with Gasteiger partial charge >= 0.3 is 6.18 Å². The number of aliphatic hydroxyl groups is 2. The number of amides is 1. The molecule has 0 aliphatic rings. The Bertz CT molecular complexity index is 193. The Labute approximate surface area is 83.8 Å². The highest BCUT2D eigenvalue weighted by molar-refractivity contribution is 5.77. The number of alkyl halides is 3. The molecule has 0 aliphatic heterocycles. The minimum Gasteiger partial charge on any atom is -0.394 e. The summed E-state index contributed by atoms with van der Waals surface area (Å²) in [6, 6.07) is -0.882. The monoisotopic (exact) mass is 231 g/mol. The van der Waals surface area contributed by atoms with Crippen molar-refractivity contribution in [2.45, 2.75) is 12.2 Å². The fourth-order valence-electron chi connectivity index (χ4n) is 0.678. The van der Waals surface area contributed by atoms with E-state index >= 15 is 0 Å². The molecule has 0 spiro atoms. The summed E-state index contributed by atoms with van der Waals surface area (Å²) in [7, 11) is 0. The van der Waals surface area contributed by atoms with Gasteiger partial charge in [0.05, 0.1) is 19.3 Å². The molecular weight excluding hydrogens is 219 g/mol. The summed E-state index contributed by atoms with van der Waals surface area (Å²) < 4.78 is 38.7. The zero-order valence-electron chi connectivity index (χ0n) is 7.75. The van der Waals surface area contributed by atoms with Crippen LogP contribution in [0.15, 0.2) is 0 Å². The fourth-order valence-corrected chi connectivity index (χ4v) is 0.678. The van der Waals surface area contributed by atoms with Crippen molar-refractivity contribution in [2.75, 3.05) is 26.4 Å². The van der Waals surface area contributed by atoms with Crippen molar-refractivity contribution in [1.29, 1.82) is 0 Å². The van der Waals surface area contributed by atoms with Gasteiger partial charge in [-0.2, -0.15) is 13.2 Å². The molecule has 5 nitrogen and oxygen atoms in total. The molecule has 0 heterocycles. The zero-order chi connectivity index (χ0) is 11.9. The molecule has 0 unspecified atom stereocenters. The molecule has 15 heavy (non-hydrogen) atoms. The maximum atomic E-state index is 11.6. The van der Waals surface area contributed by atoms with E-state index in [0.29, 0.717) is 0 Å². The molecular formula is C7H12F3NO4. The van der Waals surface area contributed by atoms with Gasteiger partial charge in [-0.1, -0.05) is 0 Å². The fraction of sp³-hybridized carbons (Fsp3) is 0.857. The van der Waals surface area contributed by atoms with Crippen molar-refractivity contribution in [1.82, 2.24) is 5.32 Å². The molecule has 0 aliphatic carbocycles. The minimum absolute atomic E-state index is 0.499. The number of hydrogen-bond acceptors (Lipinski definition) is 4. The van der Waals surface area contributed by atoms with Gasteiger partial charge < -0.3 is 20.3 Å². The van der Waals surface area contributed by atoms with Crippen molar-refractivity contribution >= 4 is 5.91 Å². The van der Waals surface area contributed by atoms with E-state index < -0.39 is 44.6 Å². The molecule has 90 valence electrons. The van der Waals surface area contributed by atoms with Gasteiger partial charge in [0.1, 0.15) is 13.2 Å². The largest absolute Gasteiger partial charge is 0.411 e. The normalized spacial score (nSPS) is 11.9. The first kappa shape index (κ1) is 14.1. The van der Waals surface area contributed by atoms with Gasteiger partial charge in [-0.25, -0.2) is 0 Å². The summed E-state index contributed by atoms with van der Waals surface area (Å²) in [6.45, 7) is -3.28. The average Bonchev–Trinajstić information content (AvgIpc) is 2.12. The lowest BCUT2D eigenvalue weighted by molar-refractivity contribution is -0.175. The van der Waals surface area contributed by atoms with Crippen LogP contribution in [-0.2, 0) is 9.53 Å². The van der Waals surface area contributed by atoms with Crippen LogP contribution >= 0.6 is 0 Å². The molecule has 8 heteroatoms. The standard InChI is InChI=1S/C7H12F3NO4/c8-7(9,10)4-15-3-6(14)11-5(1-12)2-13/h5,12-13H,1-4H2,(H,11,14). The Morgan fingerprint density at radius 3 is 2.27 bits per heavy atom. The predicted octanol–water partition coefficient (Wildman–Crippen LogP) is -0.965. The molecule has 0 rings (SSSR count). The first-order valence-corrected chi connectivity index (χ1v) is 4.04. The quantitative estimate of drug-likeness (QED) is 0.550. The van der Waals surface area contributed by atoms with Crippen LogP contribution < -0.4 is 5.32 Å². The Kier molecular flexibility index (Phi) is 6.21. The Morgan fingerprint density at radius 2 is 1.87 bits per heavy atom. The number of carbonyl (C=O) groups is 1. The van der Waals surface area contributed by atoms with Crippen molar-refractivity contribution in [3.8, 4) is 0 Å². The molecule has 0 atom stereocenters. The molecule has 0 aromatic rings. The molecule has 0 saturated carbocycles. The van der Waals surface area contributed by atoms with Crippen LogP contribution in [0, 0.1) is 0 Å². The molecule has 0 saturated heterocycles. The highest BCUT2D eigenvalue weighted by Gasteiger charge is 2.27. The average molecular weight is 231 g/mol. The summed E-state index contributed by atoms with van der Waals surface area (Å²) in [6.07, 6.45) is -4.48. The highest BCUT2D eigenvalue weighted by Crippen LogP contribution is 2.13. The SMILES string of the molecule is O=C(COCC(F)(F)F)NC(CO)CO. The lowest BCUT2D eigenvalue weighted by Gasteiger charge is -2.13. The maximum absolute atomic E-state index is 11.6. The predicted molar refractivity (Wildman–Crippen MR) is 43.0 cm³/mol. The second-order valence-electron chi connectivity index (χ2n) is 2.74. The number of ether oxygens (including phenoxy) is 1. The highest BCUT2D eigenvalue weighted by atomic mass is 19.4. The van der Waals surface area contributed by atoms with Crippen molar-refractivity contribution < 1.29 is 32.9 Å². The van der Waals surface area contributed by atoms with Gasteiger partial charge in [-0.15, -0.1) is 0 Å². The second kappa shape index (κ2) is 6.59. The number of rotatable bonds is 6. The third-order valence-electron chi connectivity index (χ3n) is 1.30. The van der Waals surface area contributed by atoms with E-state index in [1.807, 2.05) is 0 Å². The molecule has 0 fully saturated rings. The van der Waals surface area contributed by atoms with Crippen LogP contribution in [0.4, 0.5) is 13.2 Å². The Morgan fingerprint density at radius 1 is 1.33 bits per heavy atom. The van der Waals surface area contributed by atoms with Gasteiger partial charge in [0, 0.05) is 0 Å². The van der Waals surface area contributed by atoms with E-state index in [0.717, 1.165) is 0 Å². The lowest BCUT2D eigenvalue weighted by atomic mass is 10.3. The zero-order valence-corrected chi connectivity index (χ0v) is 7.75. The van der Waals surface area contributed by atoms with E-state index in [-0.39, 0.29) is 0 Å². The van der Waals surface area contributed by atoms with E-state index in [2.05, 4.69) is 10.1 Å². The number of carbonyl (C=O) groups excluding carboxylic acids is 1. The number of hydrogen-bond donors (Lipinski definition) is 3. The minimum atomic E-state index is -4.48. The van der Waals surface area contributed by atoms with Crippen molar-refractivity contribution in [3.63, 3.8) is 0 Å². The number of halogens is 3. The summed E-state index contributed by atoms with van der Waals surface area (Å²) in [5, 5.41) is 19.1. The van der Waals surface area contributed by atoms with Crippen LogP contribution in [0.2, 0.25) is 0 Å². The smallest absolute Gasteiger partial charge is 0.394 e. The van der Waals surface area contributed by atoms with E-state index in [4.69, 9.17) is 10.2 Å². The summed E-state index contributed by atoms with van der Waals surface area (Å²) in [5.41, 5.74) is 0. The first-order valence-electron chi connectivity index (χ1n) is 4.04. The molecule has 1 amide bonds. The molecule has 3 N–H and O–H groups in total. The van der Waals surface area contributed by atoms with Crippen LogP contribution in [0.3, 0.4) is 0 Å². The Balaban J connectivity index is 3.66. The van der Waals surface area contributed by atoms with E-state index in [1.54, 1.807) is 0 Å². The third kappa shape index (κ3) is 8.16. The van der Waals surface area contributed by atoms with Crippen molar-refractivity contribution in [2.24, 2.45) is 0 Å². The molecule has 0 bridgehead atoms. The van der Waals surface area contributed by atoms with Crippen LogP contribution in [0.5, 0.6) is 0 Å². The van der Waals surface area contributed by atoms with Crippen LogP contribution in [-0.4, -0.2) is 54.8 Å². The lowest BCUT2D eigenvalue weighted by Crippen LogP contribution is -2.42. The summed E-state index contributed by atoms with van der Waals surface area (Å²) in [5.74, 6) is -0.827. The molecule has 0 aromatic carbocycles. The second-order valence-corrected chi connectivity index (χ2v) is 2.74. The van der Waals surface area contributed by atoms with Gasteiger partial charge in [0.2, 0.25) is 5.91 Å². The molecule has 0 aromatic heterocycles. The van der Waals surface area contributed by atoms with E-state index in [9.17, 15) is 18.0 Å². The molecule has 0 radical (unpaired) electrons. The van der Waals surface area contributed by atoms with Gasteiger partial charge in [-0.05, 0) is 0 Å². The third-order valence-corrected chi connectivity index (χ3v) is 1.30. The summed E-state index contributed by atoms with van der Waals surface area (Å²) >= 11 is 0. The first-order chi connectivity index (χ1) is 6.89. The topological polar surface area (TPSA) is 78.8 Å². The Hall–Kier alpha value is -0.860. The van der Waals surface area contributed by atoms with Crippen molar-refractivity contribution in [3.05, 3.63) is 0 Å². The van der Waals surface area contributed by atoms with Crippen LogP contribution in [0.1, 0.15) is 0 Å². The van der Waals surface area contributed by atoms with Gasteiger partial charge in [0.25, 0.3) is 0 Å². The summed E-state index contributed by atoms with van der Waals surface area (Å²) in [4.78, 5) is 10.8. The van der Waals surface area contributed by atoms with Crippen LogP contribution in [0.25, 0.3) is 0 Å². The number of aliphatic hydroxyl groups excluding tert-OH is 2. The number of nitrogens with one attached hydrogen (secondary N) is 1. The van der Waals surface area contributed by atoms with Gasteiger partial charge in [-0.3, -0.25) is 4.79 Å². The van der Waals surface area contributed by atoms with E-state index in [1.165, 1.54) is 0 Å². The maximum Gasteiger partial charge on any atom is 0.411 e.